The number of benzene rings is 1. The van der Waals surface area contributed by atoms with Crippen LogP contribution in [0.15, 0.2) is 16.6 Å². The van der Waals surface area contributed by atoms with Gasteiger partial charge in [-0.2, -0.15) is 13.2 Å². The molecule has 1 aromatic carbocycles. The number of halogens is 5. The molecular formula is C11H11Br2F3O2. The lowest BCUT2D eigenvalue weighted by molar-refractivity contribution is -0.134. The molecule has 0 aromatic heterocycles. The minimum Gasteiger partial charge on any atom is -0.495 e. The topological polar surface area (TPSA) is 18.5 Å². The molecule has 0 amide bonds. The third kappa shape index (κ3) is 3.78. The van der Waals surface area contributed by atoms with Gasteiger partial charge in [0.2, 0.25) is 0 Å². The monoisotopic (exact) mass is 390 g/mol. The molecule has 1 aromatic rings. The molecule has 0 aliphatic heterocycles. The Morgan fingerprint density at radius 3 is 2.28 bits per heavy atom. The molecule has 1 rings (SSSR count). The lowest BCUT2D eigenvalue weighted by Crippen LogP contribution is -2.11. The highest BCUT2D eigenvalue weighted by atomic mass is 79.9. The van der Waals surface area contributed by atoms with Crippen molar-refractivity contribution in [3.05, 3.63) is 22.2 Å². The number of alkyl halides is 4. The van der Waals surface area contributed by atoms with Crippen LogP contribution in [0.25, 0.3) is 0 Å². The van der Waals surface area contributed by atoms with E-state index < -0.39 is 17.4 Å². The van der Waals surface area contributed by atoms with Crippen LogP contribution in [-0.2, 0) is 0 Å². The van der Waals surface area contributed by atoms with Crippen LogP contribution in [0.5, 0.6) is 11.5 Å². The van der Waals surface area contributed by atoms with Gasteiger partial charge in [0.05, 0.1) is 25.5 Å². The Morgan fingerprint density at radius 1 is 1.22 bits per heavy atom. The van der Waals surface area contributed by atoms with Crippen molar-refractivity contribution in [3.8, 4) is 11.5 Å². The third-order valence-electron chi connectivity index (χ3n) is 2.26. The molecule has 0 N–H and O–H groups in total. The van der Waals surface area contributed by atoms with Gasteiger partial charge >= 0.3 is 6.18 Å². The number of rotatable bonds is 4. The highest BCUT2D eigenvalue weighted by Gasteiger charge is 2.33. The molecule has 0 aliphatic carbocycles. The van der Waals surface area contributed by atoms with Crippen LogP contribution in [0, 0.1) is 0 Å². The van der Waals surface area contributed by atoms with Crippen molar-refractivity contribution in [1.29, 1.82) is 0 Å². The summed E-state index contributed by atoms with van der Waals surface area (Å²) in [6.07, 6.45) is -5.21. The number of hydrogen-bond acceptors (Lipinski definition) is 2. The van der Waals surface area contributed by atoms with Crippen LogP contribution in [0.3, 0.4) is 0 Å². The molecule has 0 heterocycles. The van der Waals surface area contributed by atoms with Crippen LogP contribution in [0.2, 0.25) is 0 Å². The van der Waals surface area contributed by atoms with E-state index in [2.05, 4.69) is 31.9 Å². The molecule has 18 heavy (non-hydrogen) atoms. The Bertz CT molecular complexity index is 421. The van der Waals surface area contributed by atoms with Crippen LogP contribution < -0.4 is 9.47 Å². The third-order valence-corrected chi connectivity index (χ3v) is 3.83. The zero-order chi connectivity index (χ0) is 13.9. The van der Waals surface area contributed by atoms with Gasteiger partial charge in [-0.05, 0) is 22.0 Å². The van der Waals surface area contributed by atoms with E-state index in [-0.39, 0.29) is 0 Å². The molecule has 0 saturated heterocycles. The van der Waals surface area contributed by atoms with E-state index in [0.717, 1.165) is 0 Å². The van der Waals surface area contributed by atoms with Gasteiger partial charge in [-0.15, -0.1) is 0 Å². The minimum absolute atomic E-state index is 0.334. The van der Waals surface area contributed by atoms with E-state index in [1.165, 1.54) is 14.2 Å². The average Bonchev–Trinajstić information content (AvgIpc) is 2.26. The van der Waals surface area contributed by atoms with Gasteiger partial charge in [0.25, 0.3) is 0 Å². The van der Waals surface area contributed by atoms with E-state index in [9.17, 15) is 13.2 Å². The Kier molecular flexibility index (Phi) is 5.33. The maximum Gasteiger partial charge on any atom is 0.390 e. The summed E-state index contributed by atoms with van der Waals surface area (Å²) in [7, 11) is 2.87. The fraction of sp³-hybridized carbons (Fsp3) is 0.455. The van der Waals surface area contributed by atoms with Crippen LogP contribution in [0.1, 0.15) is 16.8 Å². The maximum atomic E-state index is 12.4. The summed E-state index contributed by atoms with van der Waals surface area (Å²) in [5, 5.41) is 0. The maximum absolute atomic E-state index is 12.4. The van der Waals surface area contributed by atoms with E-state index in [1.807, 2.05) is 0 Å². The molecule has 102 valence electrons. The minimum atomic E-state index is -4.24. The van der Waals surface area contributed by atoms with Crippen molar-refractivity contribution in [2.24, 2.45) is 0 Å². The Hall–Kier alpha value is -0.430. The van der Waals surface area contributed by atoms with Crippen LogP contribution in [-0.4, -0.2) is 20.4 Å². The quantitative estimate of drug-likeness (QED) is 0.682. The SMILES string of the molecule is COc1ccc(C(Br)CC(F)(F)F)c(OC)c1Br. The molecule has 0 bridgehead atoms. The first-order valence-corrected chi connectivity index (χ1v) is 6.62. The molecule has 0 radical (unpaired) electrons. The Labute approximate surface area is 120 Å². The van der Waals surface area contributed by atoms with E-state index in [1.54, 1.807) is 12.1 Å². The second-order valence-corrected chi connectivity index (χ2v) is 5.39. The second-order valence-electron chi connectivity index (χ2n) is 3.49. The fourth-order valence-electron chi connectivity index (χ4n) is 1.48. The fourth-order valence-corrected chi connectivity index (χ4v) is 2.89. The smallest absolute Gasteiger partial charge is 0.390 e. The summed E-state index contributed by atoms with van der Waals surface area (Å²) in [6, 6.07) is 3.14. The lowest BCUT2D eigenvalue weighted by Gasteiger charge is -2.18. The van der Waals surface area contributed by atoms with Crippen molar-refractivity contribution in [1.82, 2.24) is 0 Å². The first kappa shape index (κ1) is 15.6. The lowest BCUT2D eigenvalue weighted by atomic mass is 10.1. The highest BCUT2D eigenvalue weighted by molar-refractivity contribution is 9.10. The van der Waals surface area contributed by atoms with Gasteiger partial charge in [-0.3, -0.25) is 0 Å². The van der Waals surface area contributed by atoms with Gasteiger partial charge in [0.1, 0.15) is 16.0 Å². The van der Waals surface area contributed by atoms with Crippen LogP contribution in [0.4, 0.5) is 13.2 Å². The van der Waals surface area contributed by atoms with Gasteiger partial charge < -0.3 is 9.47 Å². The standard InChI is InChI=1S/C11H11Br2F3O2/c1-17-8-4-3-6(10(18-2)9(8)13)7(12)5-11(14,15)16/h3-4,7H,5H2,1-2H3. The largest absolute Gasteiger partial charge is 0.495 e. The van der Waals surface area contributed by atoms with Crippen LogP contribution >= 0.6 is 31.9 Å². The predicted molar refractivity (Wildman–Crippen MR) is 69.6 cm³/mol. The van der Waals surface area contributed by atoms with Gasteiger partial charge in [-0.1, -0.05) is 22.0 Å². The second kappa shape index (κ2) is 6.14. The average molecular weight is 392 g/mol. The summed E-state index contributed by atoms with van der Waals surface area (Å²) in [5.41, 5.74) is 0.419. The first-order valence-electron chi connectivity index (χ1n) is 4.91. The molecule has 1 atom stereocenters. The van der Waals surface area contributed by atoms with Crippen molar-refractivity contribution < 1.29 is 22.6 Å². The highest BCUT2D eigenvalue weighted by Crippen LogP contribution is 2.45. The number of hydrogen-bond donors (Lipinski definition) is 0. The normalized spacial score (nSPS) is 13.3. The van der Waals surface area contributed by atoms with Gasteiger partial charge in [-0.25, -0.2) is 0 Å². The molecule has 7 heteroatoms. The summed E-state index contributed by atoms with van der Waals surface area (Å²) in [5.74, 6) is 0.836. The molecule has 2 nitrogen and oxygen atoms in total. The Morgan fingerprint density at radius 2 is 1.83 bits per heavy atom. The summed E-state index contributed by atoms with van der Waals surface area (Å²) < 4.78 is 47.8. The van der Waals surface area contributed by atoms with Crippen molar-refractivity contribution in [2.75, 3.05) is 14.2 Å². The molecule has 0 saturated carbocycles. The van der Waals surface area contributed by atoms with E-state index in [0.29, 0.717) is 21.5 Å². The molecule has 0 aliphatic rings. The molecule has 1 unspecified atom stereocenters. The molecule has 0 spiro atoms. The van der Waals surface area contributed by atoms with Gasteiger partial charge in [0, 0.05) is 5.56 Å². The number of methoxy groups -OCH3 is 2. The first-order chi connectivity index (χ1) is 8.30. The molecular weight excluding hydrogens is 381 g/mol. The zero-order valence-corrected chi connectivity index (χ0v) is 12.8. The van der Waals surface area contributed by atoms with Crippen molar-refractivity contribution >= 4 is 31.9 Å². The van der Waals surface area contributed by atoms with E-state index >= 15 is 0 Å². The summed E-state index contributed by atoms with van der Waals surface area (Å²) in [6.45, 7) is 0. The molecule has 0 fully saturated rings. The predicted octanol–water partition coefficient (Wildman–Crippen LogP) is 4.85. The summed E-state index contributed by atoms with van der Waals surface area (Å²) >= 11 is 6.28. The van der Waals surface area contributed by atoms with E-state index in [4.69, 9.17) is 9.47 Å². The zero-order valence-electron chi connectivity index (χ0n) is 9.65. The van der Waals surface area contributed by atoms with Crippen molar-refractivity contribution in [2.45, 2.75) is 17.4 Å². The van der Waals surface area contributed by atoms with Crippen molar-refractivity contribution in [3.63, 3.8) is 0 Å². The van der Waals surface area contributed by atoms with Gasteiger partial charge in [0.15, 0.2) is 0 Å². The Balaban J connectivity index is 3.13. The summed E-state index contributed by atoms with van der Waals surface area (Å²) in [4.78, 5) is -0.866. The number of ether oxygens (including phenoxy) is 2.